The van der Waals surface area contributed by atoms with Gasteiger partial charge in [-0.3, -0.25) is 9.59 Å². The van der Waals surface area contributed by atoms with Crippen molar-refractivity contribution in [3.63, 3.8) is 0 Å². The molecule has 0 radical (unpaired) electrons. The Labute approximate surface area is 184 Å². The van der Waals surface area contributed by atoms with Crippen molar-refractivity contribution in [3.05, 3.63) is 47.6 Å². The number of carbonyl (C=O) groups is 2. The van der Waals surface area contributed by atoms with Gasteiger partial charge in [0.2, 0.25) is 11.7 Å². The second kappa shape index (κ2) is 9.82. The third-order valence-electron chi connectivity index (χ3n) is 4.65. The molecule has 0 saturated carbocycles. The van der Waals surface area contributed by atoms with E-state index in [4.69, 9.17) is 24.4 Å². The first kappa shape index (κ1) is 22.6. The Bertz CT molecular complexity index is 1120. The molecule has 2 amide bonds. The number of furan rings is 1. The van der Waals surface area contributed by atoms with E-state index in [1.54, 1.807) is 25.1 Å². The van der Waals surface area contributed by atoms with Gasteiger partial charge in [0.1, 0.15) is 17.4 Å². The molecule has 0 fully saturated rings. The monoisotopic (exact) mass is 440 g/mol. The molecule has 10 nitrogen and oxygen atoms in total. The predicted octanol–water partition coefficient (Wildman–Crippen LogP) is 2.74. The average molecular weight is 440 g/mol. The molecule has 32 heavy (non-hydrogen) atoms. The predicted molar refractivity (Wildman–Crippen MR) is 116 cm³/mol. The standard InChI is InChI=1S/C22H24N4O6/c1-12-24-11-14(15-6-7-16(32-15)21(23)28)22(25-12)26-19(27)8-5-13-9-17(29-2)20(31-4)18(10-13)30-3/h6-7,9-11H,5,8H2,1-4H3,(H2,23,28)(H,24,25,26,27). The van der Waals surface area contributed by atoms with Gasteiger partial charge in [-0.2, -0.15) is 0 Å². The fraction of sp³-hybridized carbons (Fsp3) is 0.273. The van der Waals surface area contributed by atoms with Crippen LogP contribution in [-0.4, -0.2) is 43.1 Å². The van der Waals surface area contributed by atoms with Crippen molar-refractivity contribution in [2.24, 2.45) is 5.73 Å². The lowest BCUT2D eigenvalue weighted by atomic mass is 10.1. The van der Waals surface area contributed by atoms with E-state index >= 15 is 0 Å². The SMILES string of the molecule is COc1cc(CCC(=O)Nc2nc(C)ncc2-c2ccc(C(N)=O)o2)cc(OC)c1OC. The zero-order chi connectivity index (χ0) is 23.3. The maximum atomic E-state index is 12.7. The van der Waals surface area contributed by atoms with E-state index < -0.39 is 5.91 Å². The summed E-state index contributed by atoms with van der Waals surface area (Å²) in [5.41, 5.74) is 6.52. The Morgan fingerprint density at radius 3 is 2.34 bits per heavy atom. The first-order valence-electron chi connectivity index (χ1n) is 9.68. The second-order valence-corrected chi connectivity index (χ2v) is 6.79. The van der Waals surface area contributed by atoms with Gasteiger partial charge in [-0.1, -0.05) is 0 Å². The lowest BCUT2D eigenvalue weighted by Gasteiger charge is -2.14. The Morgan fingerprint density at radius 2 is 1.78 bits per heavy atom. The summed E-state index contributed by atoms with van der Waals surface area (Å²) < 4.78 is 21.5. The van der Waals surface area contributed by atoms with Gasteiger partial charge in [-0.25, -0.2) is 9.97 Å². The molecule has 0 atom stereocenters. The number of primary amides is 1. The third-order valence-corrected chi connectivity index (χ3v) is 4.65. The Kier molecular flexibility index (Phi) is 6.93. The van der Waals surface area contributed by atoms with E-state index in [1.165, 1.54) is 33.6 Å². The molecule has 0 aliphatic heterocycles. The zero-order valence-corrected chi connectivity index (χ0v) is 18.2. The molecule has 10 heteroatoms. The minimum atomic E-state index is -0.694. The minimum Gasteiger partial charge on any atom is -0.493 e. The third kappa shape index (κ3) is 4.97. The number of hydrogen-bond acceptors (Lipinski definition) is 8. The molecule has 3 aromatic rings. The Morgan fingerprint density at radius 1 is 1.09 bits per heavy atom. The van der Waals surface area contributed by atoms with Gasteiger partial charge in [-0.15, -0.1) is 0 Å². The topological polar surface area (TPSA) is 139 Å². The zero-order valence-electron chi connectivity index (χ0n) is 18.2. The lowest BCUT2D eigenvalue weighted by Crippen LogP contribution is -2.15. The number of nitrogens with zero attached hydrogens (tertiary/aromatic N) is 2. The summed E-state index contributed by atoms with van der Waals surface area (Å²) in [5, 5.41) is 2.78. The molecule has 0 saturated heterocycles. The number of hydrogen-bond donors (Lipinski definition) is 2. The summed E-state index contributed by atoms with van der Waals surface area (Å²) in [6.45, 7) is 1.70. The Hall–Kier alpha value is -4.08. The number of rotatable bonds is 9. The van der Waals surface area contributed by atoms with Gasteiger partial charge in [0.25, 0.3) is 5.91 Å². The molecular formula is C22H24N4O6. The van der Waals surface area contributed by atoms with Crippen molar-refractivity contribution in [1.82, 2.24) is 9.97 Å². The number of aromatic nitrogens is 2. The van der Waals surface area contributed by atoms with Crippen LogP contribution in [0.3, 0.4) is 0 Å². The van der Waals surface area contributed by atoms with Gasteiger partial charge < -0.3 is 29.7 Å². The summed E-state index contributed by atoms with van der Waals surface area (Å²) in [5.74, 6) is 1.61. The van der Waals surface area contributed by atoms with Crippen molar-refractivity contribution >= 4 is 17.6 Å². The summed E-state index contributed by atoms with van der Waals surface area (Å²) in [7, 11) is 4.59. The molecule has 0 bridgehead atoms. The summed E-state index contributed by atoms with van der Waals surface area (Å²) in [4.78, 5) is 32.4. The molecule has 2 aromatic heterocycles. The number of methoxy groups -OCH3 is 3. The molecule has 1 aromatic carbocycles. The van der Waals surface area contributed by atoms with E-state index in [0.717, 1.165) is 5.56 Å². The molecule has 0 aliphatic carbocycles. The van der Waals surface area contributed by atoms with Crippen LogP contribution in [0.4, 0.5) is 5.82 Å². The average Bonchev–Trinajstić information content (AvgIpc) is 3.27. The van der Waals surface area contributed by atoms with Gasteiger partial charge >= 0.3 is 0 Å². The highest BCUT2D eigenvalue weighted by Crippen LogP contribution is 2.38. The van der Waals surface area contributed by atoms with Gasteiger partial charge in [0.15, 0.2) is 17.3 Å². The van der Waals surface area contributed by atoms with Crippen LogP contribution in [0, 0.1) is 6.92 Å². The van der Waals surface area contributed by atoms with E-state index in [2.05, 4.69) is 15.3 Å². The number of carbonyl (C=O) groups excluding carboxylic acids is 2. The first-order valence-corrected chi connectivity index (χ1v) is 9.68. The molecule has 0 spiro atoms. The van der Waals surface area contributed by atoms with Crippen LogP contribution in [0.15, 0.2) is 34.9 Å². The van der Waals surface area contributed by atoms with Gasteiger partial charge in [0.05, 0.1) is 26.9 Å². The smallest absolute Gasteiger partial charge is 0.284 e. The fourth-order valence-corrected chi connectivity index (χ4v) is 3.09. The maximum absolute atomic E-state index is 12.7. The molecule has 2 heterocycles. The molecule has 0 unspecified atom stereocenters. The molecular weight excluding hydrogens is 416 g/mol. The van der Waals surface area contributed by atoms with E-state index in [9.17, 15) is 9.59 Å². The lowest BCUT2D eigenvalue weighted by molar-refractivity contribution is -0.116. The summed E-state index contributed by atoms with van der Waals surface area (Å²) >= 11 is 0. The normalized spacial score (nSPS) is 10.5. The van der Waals surface area contributed by atoms with E-state index in [0.29, 0.717) is 40.8 Å². The van der Waals surface area contributed by atoms with Crippen molar-refractivity contribution in [3.8, 4) is 28.6 Å². The fourth-order valence-electron chi connectivity index (χ4n) is 3.09. The maximum Gasteiger partial charge on any atom is 0.284 e. The van der Waals surface area contributed by atoms with Gasteiger partial charge in [-0.05, 0) is 43.2 Å². The van der Waals surface area contributed by atoms with Gasteiger partial charge in [0, 0.05) is 12.6 Å². The van der Waals surface area contributed by atoms with Crippen molar-refractivity contribution in [1.29, 1.82) is 0 Å². The van der Waals surface area contributed by atoms with Crippen LogP contribution >= 0.6 is 0 Å². The number of nitrogens with one attached hydrogen (secondary N) is 1. The van der Waals surface area contributed by atoms with Crippen LogP contribution in [-0.2, 0) is 11.2 Å². The highest BCUT2D eigenvalue weighted by Gasteiger charge is 2.17. The number of aryl methyl sites for hydroxylation is 2. The highest BCUT2D eigenvalue weighted by atomic mass is 16.5. The number of amides is 2. The highest BCUT2D eigenvalue weighted by molar-refractivity contribution is 5.94. The van der Waals surface area contributed by atoms with Crippen LogP contribution in [0.2, 0.25) is 0 Å². The number of anilines is 1. The molecule has 3 N–H and O–H groups in total. The first-order chi connectivity index (χ1) is 15.4. The quantitative estimate of drug-likeness (QED) is 0.518. The van der Waals surface area contributed by atoms with Crippen molar-refractivity contribution < 1.29 is 28.2 Å². The van der Waals surface area contributed by atoms with Crippen LogP contribution < -0.4 is 25.3 Å². The second-order valence-electron chi connectivity index (χ2n) is 6.79. The summed E-state index contributed by atoms with van der Waals surface area (Å²) in [6, 6.07) is 6.61. The number of nitrogens with two attached hydrogens (primary N) is 1. The van der Waals surface area contributed by atoms with Crippen LogP contribution in [0.1, 0.15) is 28.4 Å². The Balaban J connectivity index is 1.77. The van der Waals surface area contributed by atoms with Crippen molar-refractivity contribution in [2.45, 2.75) is 19.8 Å². The largest absolute Gasteiger partial charge is 0.493 e. The molecule has 0 aliphatic rings. The van der Waals surface area contributed by atoms with Crippen LogP contribution in [0.5, 0.6) is 17.2 Å². The molecule has 168 valence electrons. The minimum absolute atomic E-state index is 0.000233. The number of ether oxygens (including phenoxy) is 3. The van der Waals surface area contributed by atoms with E-state index in [1.807, 2.05) is 0 Å². The van der Waals surface area contributed by atoms with Crippen molar-refractivity contribution in [2.75, 3.05) is 26.6 Å². The number of benzene rings is 1. The van der Waals surface area contributed by atoms with E-state index in [-0.39, 0.29) is 23.9 Å². The summed E-state index contributed by atoms with van der Waals surface area (Å²) in [6.07, 6.45) is 2.11. The van der Waals surface area contributed by atoms with Crippen LogP contribution in [0.25, 0.3) is 11.3 Å². The molecule has 3 rings (SSSR count).